The Morgan fingerprint density at radius 3 is 2.71 bits per heavy atom. The van der Waals surface area contributed by atoms with Crippen LogP contribution in [-0.4, -0.2) is 42.7 Å². The summed E-state index contributed by atoms with van der Waals surface area (Å²) in [5, 5.41) is 3.49. The smallest absolute Gasteiger partial charge is 0.232 e. The molecule has 3 aliphatic rings. The molecule has 1 aromatic rings. The molecule has 2 fully saturated rings. The van der Waals surface area contributed by atoms with E-state index in [1.54, 1.807) is 11.8 Å². The van der Waals surface area contributed by atoms with Crippen LogP contribution >= 0.6 is 24.2 Å². The zero-order valence-electron chi connectivity index (χ0n) is 14.2. The lowest BCUT2D eigenvalue weighted by atomic mass is 9.78. The highest BCUT2D eigenvalue weighted by Crippen LogP contribution is 2.37. The van der Waals surface area contributed by atoms with Crippen molar-refractivity contribution in [1.29, 1.82) is 0 Å². The average molecular weight is 367 g/mol. The van der Waals surface area contributed by atoms with Crippen LogP contribution in [0.15, 0.2) is 23.1 Å². The number of nitrogens with one attached hydrogen (secondary N) is 1. The second kappa shape index (κ2) is 7.67. The van der Waals surface area contributed by atoms with E-state index < -0.39 is 0 Å². The van der Waals surface area contributed by atoms with Crippen molar-refractivity contribution in [3.8, 4) is 0 Å². The fourth-order valence-electron chi connectivity index (χ4n) is 4.33. The molecule has 0 saturated carbocycles. The summed E-state index contributed by atoms with van der Waals surface area (Å²) in [4.78, 5) is 15.8. The number of carbonyl (C=O) groups is 1. The van der Waals surface area contributed by atoms with Gasteiger partial charge in [0.05, 0.1) is 5.75 Å². The second-order valence-electron chi connectivity index (χ2n) is 7.38. The molecule has 1 spiro atoms. The summed E-state index contributed by atoms with van der Waals surface area (Å²) in [6.45, 7) is 4.21. The highest BCUT2D eigenvalue weighted by Gasteiger charge is 2.37. The molecular formula is C19H27ClN2OS. The Balaban J connectivity index is 0.00000169. The van der Waals surface area contributed by atoms with E-state index in [0.717, 1.165) is 26.2 Å². The van der Waals surface area contributed by atoms with E-state index in [1.165, 1.54) is 54.5 Å². The SMILES string of the molecule is Cl.O=C(CSc1ccc2c(c1)CCC2)N1CCC2(CCNC2)CC1. The van der Waals surface area contributed by atoms with Gasteiger partial charge in [-0.2, -0.15) is 0 Å². The topological polar surface area (TPSA) is 32.3 Å². The number of likely N-dealkylation sites (tertiary alicyclic amines) is 1. The fourth-order valence-corrected chi connectivity index (χ4v) is 5.19. The number of aryl methyl sites for hydroxylation is 2. The van der Waals surface area contributed by atoms with E-state index in [9.17, 15) is 4.79 Å². The van der Waals surface area contributed by atoms with Crippen molar-refractivity contribution in [1.82, 2.24) is 10.2 Å². The Labute approximate surface area is 155 Å². The third kappa shape index (κ3) is 3.76. The zero-order chi connectivity index (χ0) is 15.7. The van der Waals surface area contributed by atoms with Crippen LogP contribution in [0, 0.1) is 5.41 Å². The first-order valence-corrected chi connectivity index (χ1v) is 9.96. The fraction of sp³-hybridized carbons (Fsp3) is 0.632. The summed E-state index contributed by atoms with van der Waals surface area (Å²) in [7, 11) is 0. The van der Waals surface area contributed by atoms with Gasteiger partial charge < -0.3 is 10.2 Å². The Kier molecular flexibility index (Phi) is 5.78. The van der Waals surface area contributed by atoms with E-state index in [0.29, 0.717) is 17.1 Å². The van der Waals surface area contributed by atoms with Crippen molar-refractivity contribution >= 4 is 30.1 Å². The molecular weight excluding hydrogens is 340 g/mol. The largest absolute Gasteiger partial charge is 0.342 e. The number of halogens is 1. The van der Waals surface area contributed by atoms with Crippen LogP contribution < -0.4 is 5.32 Å². The number of amides is 1. The van der Waals surface area contributed by atoms with Crippen molar-refractivity contribution in [3.05, 3.63) is 29.3 Å². The quantitative estimate of drug-likeness (QED) is 0.833. The first-order valence-electron chi connectivity index (χ1n) is 8.97. The lowest BCUT2D eigenvalue weighted by Crippen LogP contribution is -2.44. The van der Waals surface area contributed by atoms with Gasteiger partial charge in [0.15, 0.2) is 0 Å². The minimum Gasteiger partial charge on any atom is -0.342 e. The normalized spacial score (nSPS) is 21.6. The second-order valence-corrected chi connectivity index (χ2v) is 8.43. The molecule has 0 atom stereocenters. The molecule has 2 saturated heterocycles. The molecule has 0 bridgehead atoms. The number of benzene rings is 1. The maximum atomic E-state index is 12.5. The third-order valence-electron chi connectivity index (χ3n) is 5.94. The van der Waals surface area contributed by atoms with E-state index in [2.05, 4.69) is 28.4 Å². The molecule has 0 aromatic heterocycles. The summed E-state index contributed by atoms with van der Waals surface area (Å²) in [5.74, 6) is 0.903. The predicted octanol–water partition coefficient (Wildman–Crippen LogP) is 3.29. The van der Waals surface area contributed by atoms with Gasteiger partial charge in [0.2, 0.25) is 5.91 Å². The van der Waals surface area contributed by atoms with Crippen LogP contribution in [-0.2, 0) is 17.6 Å². The van der Waals surface area contributed by atoms with Crippen molar-refractivity contribution in [2.24, 2.45) is 5.41 Å². The minimum absolute atomic E-state index is 0. The molecule has 24 heavy (non-hydrogen) atoms. The number of rotatable bonds is 3. The van der Waals surface area contributed by atoms with E-state index in [-0.39, 0.29) is 12.4 Å². The summed E-state index contributed by atoms with van der Waals surface area (Å²) in [6, 6.07) is 6.75. The molecule has 3 nitrogen and oxygen atoms in total. The van der Waals surface area contributed by atoms with Gasteiger partial charge in [-0.1, -0.05) is 6.07 Å². The number of carbonyl (C=O) groups excluding carboxylic acids is 1. The summed E-state index contributed by atoms with van der Waals surface area (Å²) in [5.41, 5.74) is 3.49. The average Bonchev–Trinajstić information content (AvgIpc) is 3.22. The predicted molar refractivity (Wildman–Crippen MR) is 102 cm³/mol. The number of hydrogen-bond donors (Lipinski definition) is 1. The van der Waals surface area contributed by atoms with Gasteiger partial charge in [0.25, 0.3) is 0 Å². The van der Waals surface area contributed by atoms with Gasteiger partial charge in [-0.3, -0.25) is 4.79 Å². The van der Waals surface area contributed by atoms with Crippen LogP contribution in [0.2, 0.25) is 0 Å². The first-order chi connectivity index (χ1) is 11.2. The maximum absolute atomic E-state index is 12.5. The summed E-state index contributed by atoms with van der Waals surface area (Å²) in [6.07, 6.45) is 7.36. The van der Waals surface area contributed by atoms with Gasteiger partial charge in [-0.25, -0.2) is 0 Å². The summed E-state index contributed by atoms with van der Waals surface area (Å²) < 4.78 is 0. The molecule has 4 rings (SSSR count). The third-order valence-corrected chi connectivity index (χ3v) is 6.92. The Morgan fingerprint density at radius 1 is 1.17 bits per heavy atom. The van der Waals surface area contributed by atoms with E-state index in [1.807, 2.05) is 0 Å². The van der Waals surface area contributed by atoms with Crippen LogP contribution in [0.3, 0.4) is 0 Å². The van der Waals surface area contributed by atoms with Gasteiger partial charge in [-0.05, 0) is 73.7 Å². The van der Waals surface area contributed by atoms with Crippen LogP contribution in [0.25, 0.3) is 0 Å². The lowest BCUT2D eigenvalue weighted by molar-refractivity contribution is -0.130. The molecule has 0 unspecified atom stereocenters. The van der Waals surface area contributed by atoms with Crippen LogP contribution in [0.4, 0.5) is 0 Å². The Hall–Kier alpha value is -0.710. The summed E-state index contributed by atoms with van der Waals surface area (Å²) >= 11 is 1.71. The molecule has 5 heteroatoms. The minimum atomic E-state index is 0. The van der Waals surface area contributed by atoms with Crippen molar-refractivity contribution < 1.29 is 4.79 Å². The van der Waals surface area contributed by atoms with E-state index in [4.69, 9.17) is 0 Å². The highest BCUT2D eigenvalue weighted by atomic mass is 35.5. The molecule has 132 valence electrons. The van der Waals surface area contributed by atoms with Crippen LogP contribution in [0.1, 0.15) is 36.8 Å². The highest BCUT2D eigenvalue weighted by molar-refractivity contribution is 8.00. The van der Waals surface area contributed by atoms with Gasteiger partial charge in [0, 0.05) is 24.5 Å². The van der Waals surface area contributed by atoms with Crippen molar-refractivity contribution in [3.63, 3.8) is 0 Å². The molecule has 1 N–H and O–H groups in total. The molecule has 0 radical (unpaired) electrons. The lowest BCUT2D eigenvalue weighted by Gasteiger charge is -2.38. The number of nitrogens with zero attached hydrogens (tertiary/aromatic N) is 1. The van der Waals surface area contributed by atoms with Crippen LogP contribution in [0.5, 0.6) is 0 Å². The molecule has 2 heterocycles. The first kappa shape index (κ1) is 18.1. The van der Waals surface area contributed by atoms with Gasteiger partial charge in [0.1, 0.15) is 0 Å². The number of thioether (sulfide) groups is 1. The number of piperidine rings is 1. The Morgan fingerprint density at radius 2 is 1.96 bits per heavy atom. The van der Waals surface area contributed by atoms with Gasteiger partial charge >= 0.3 is 0 Å². The number of hydrogen-bond acceptors (Lipinski definition) is 3. The van der Waals surface area contributed by atoms with Crippen molar-refractivity contribution in [2.75, 3.05) is 31.9 Å². The van der Waals surface area contributed by atoms with Crippen molar-refractivity contribution in [2.45, 2.75) is 43.4 Å². The molecule has 1 aromatic carbocycles. The molecule has 1 aliphatic carbocycles. The molecule has 2 aliphatic heterocycles. The Bertz CT molecular complexity index is 591. The van der Waals surface area contributed by atoms with Gasteiger partial charge in [-0.15, -0.1) is 24.2 Å². The van der Waals surface area contributed by atoms with E-state index >= 15 is 0 Å². The standard InChI is InChI=1S/C19H26N2OS.ClH/c22-18(21-10-7-19(8-11-21)6-9-20-14-19)13-23-17-5-4-15-2-1-3-16(15)12-17;/h4-5,12,20H,1-3,6-11,13-14H2;1H. The molecule has 1 amide bonds. The monoisotopic (exact) mass is 366 g/mol. The maximum Gasteiger partial charge on any atom is 0.232 e. The zero-order valence-corrected chi connectivity index (χ0v) is 15.8. The number of fused-ring (bicyclic) bond motifs is 1.